The molecule has 6 nitrogen and oxygen atoms in total. The van der Waals surface area contributed by atoms with E-state index in [2.05, 4.69) is 5.32 Å². The summed E-state index contributed by atoms with van der Waals surface area (Å²) in [6, 6.07) is 4.91. The summed E-state index contributed by atoms with van der Waals surface area (Å²) in [6.45, 7) is 6.40. The summed E-state index contributed by atoms with van der Waals surface area (Å²) in [6.07, 6.45) is 2.83. The summed E-state index contributed by atoms with van der Waals surface area (Å²) < 4.78 is 16.1. The lowest BCUT2D eigenvalue weighted by Crippen LogP contribution is -2.45. The molecule has 0 aromatic heterocycles. The molecule has 138 valence electrons. The van der Waals surface area contributed by atoms with Crippen molar-refractivity contribution in [1.82, 2.24) is 0 Å². The second-order valence-corrected chi connectivity index (χ2v) is 6.32. The Labute approximate surface area is 148 Å². The maximum atomic E-state index is 12.8. The average Bonchev–Trinajstić information content (AvgIpc) is 3.45. The third-order valence-electron chi connectivity index (χ3n) is 4.37. The molecule has 0 spiro atoms. The van der Waals surface area contributed by atoms with Crippen molar-refractivity contribution in [3.05, 3.63) is 23.8 Å². The number of ether oxygens (including phenoxy) is 3. The van der Waals surface area contributed by atoms with Gasteiger partial charge in [0.15, 0.2) is 0 Å². The van der Waals surface area contributed by atoms with Crippen LogP contribution in [-0.2, 0) is 14.3 Å². The fourth-order valence-electron chi connectivity index (χ4n) is 2.73. The van der Waals surface area contributed by atoms with E-state index in [1.807, 2.05) is 13.8 Å². The third-order valence-corrected chi connectivity index (χ3v) is 4.37. The normalized spacial score (nSPS) is 16.0. The summed E-state index contributed by atoms with van der Waals surface area (Å²) in [4.78, 5) is 24.9. The van der Waals surface area contributed by atoms with Crippen molar-refractivity contribution in [2.45, 2.75) is 45.6 Å². The molecule has 1 fully saturated rings. The minimum Gasteiger partial charge on any atom is -0.496 e. The number of nitrogens with one attached hydrogen (secondary N) is 1. The largest absolute Gasteiger partial charge is 0.496 e. The Morgan fingerprint density at radius 2 is 2.00 bits per heavy atom. The highest BCUT2D eigenvalue weighted by molar-refractivity contribution is 6.00. The van der Waals surface area contributed by atoms with Crippen LogP contribution in [0, 0.1) is 5.92 Å². The van der Waals surface area contributed by atoms with Crippen LogP contribution in [0.5, 0.6) is 5.75 Å². The van der Waals surface area contributed by atoms with Gasteiger partial charge in [0.1, 0.15) is 16.9 Å². The second kappa shape index (κ2) is 8.34. The lowest BCUT2D eigenvalue weighted by Gasteiger charge is -2.28. The fraction of sp³-hybridized carbons (Fsp3) is 0.579. The van der Waals surface area contributed by atoms with E-state index in [-0.39, 0.29) is 24.0 Å². The number of hydrogen-bond acceptors (Lipinski definition) is 5. The van der Waals surface area contributed by atoms with E-state index in [0.717, 1.165) is 19.3 Å². The fourth-order valence-corrected chi connectivity index (χ4v) is 2.73. The van der Waals surface area contributed by atoms with Gasteiger partial charge in [0.2, 0.25) is 0 Å². The first-order valence-electron chi connectivity index (χ1n) is 8.76. The van der Waals surface area contributed by atoms with Crippen LogP contribution in [0.25, 0.3) is 0 Å². The molecule has 1 unspecified atom stereocenters. The average molecular weight is 349 g/mol. The molecule has 0 bridgehead atoms. The predicted molar refractivity (Wildman–Crippen MR) is 95.0 cm³/mol. The number of esters is 1. The van der Waals surface area contributed by atoms with Crippen molar-refractivity contribution in [3.8, 4) is 5.75 Å². The standard InChI is InChI=1S/C19H27NO5/c1-5-11-25-19(3,13-7-8-13)18(22)20-14-9-10-16(23-4)15(12-14)17(21)24-6-2/h9-10,12-13H,5-8,11H2,1-4H3,(H,20,22). The second-order valence-electron chi connectivity index (χ2n) is 6.32. The van der Waals surface area contributed by atoms with Crippen LogP contribution in [0.1, 0.15) is 50.4 Å². The van der Waals surface area contributed by atoms with Crippen LogP contribution in [0.4, 0.5) is 5.69 Å². The van der Waals surface area contributed by atoms with Gasteiger partial charge in [-0.1, -0.05) is 6.92 Å². The molecule has 1 amide bonds. The number of rotatable bonds is 9. The van der Waals surface area contributed by atoms with Crippen LogP contribution in [0.2, 0.25) is 0 Å². The van der Waals surface area contributed by atoms with Gasteiger partial charge < -0.3 is 19.5 Å². The summed E-state index contributed by atoms with van der Waals surface area (Å²) >= 11 is 0. The number of amides is 1. The Bertz CT molecular complexity index is 626. The lowest BCUT2D eigenvalue weighted by molar-refractivity contribution is -0.142. The Morgan fingerprint density at radius 1 is 1.28 bits per heavy atom. The van der Waals surface area contributed by atoms with Gasteiger partial charge in [-0.3, -0.25) is 4.79 Å². The van der Waals surface area contributed by atoms with Crippen molar-refractivity contribution in [2.24, 2.45) is 5.92 Å². The van der Waals surface area contributed by atoms with E-state index in [0.29, 0.717) is 18.0 Å². The van der Waals surface area contributed by atoms with Crippen LogP contribution in [0.3, 0.4) is 0 Å². The van der Waals surface area contributed by atoms with Gasteiger partial charge in [-0.2, -0.15) is 0 Å². The van der Waals surface area contributed by atoms with Gasteiger partial charge >= 0.3 is 5.97 Å². The molecule has 6 heteroatoms. The Hall–Kier alpha value is -2.08. The zero-order valence-corrected chi connectivity index (χ0v) is 15.4. The Balaban J connectivity index is 2.19. The lowest BCUT2D eigenvalue weighted by atomic mass is 9.98. The van der Waals surface area contributed by atoms with Gasteiger partial charge in [0.25, 0.3) is 5.91 Å². The minimum atomic E-state index is -0.847. The molecule has 1 saturated carbocycles. The molecule has 0 saturated heterocycles. The van der Waals surface area contributed by atoms with Crippen molar-refractivity contribution in [2.75, 3.05) is 25.6 Å². The van der Waals surface area contributed by atoms with E-state index in [9.17, 15) is 9.59 Å². The molecule has 1 aliphatic rings. The zero-order valence-electron chi connectivity index (χ0n) is 15.4. The van der Waals surface area contributed by atoms with E-state index in [1.54, 1.807) is 25.1 Å². The monoisotopic (exact) mass is 349 g/mol. The molecule has 25 heavy (non-hydrogen) atoms. The van der Waals surface area contributed by atoms with Crippen molar-refractivity contribution < 1.29 is 23.8 Å². The first-order chi connectivity index (χ1) is 12.0. The van der Waals surface area contributed by atoms with Crippen LogP contribution in [0.15, 0.2) is 18.2 Å². The highest BCUT2D eigenvalue weighted by Gasteiger charge is 2.48. The minimum absolute atomic E-state index is 0.191. The molecule has 0 heterocycles. The highest BCUT2D eigenvalue weighted by atomic mass is 16.5. The number of carbonyl (C=O) groups excluding carboxylic acids is 2. The smallest absolute Gasteiger partial charge is 0.341 e. The maximum Gasteiger partial charge on any atom is 0.341 e. The van der Waals surface area contributed by atoms with Crippen LogP contribution < -0.4 is 10.1 Å². The van der Waals surface area contributed by atoms with Crippen LogP contribution >= 0.6 is 0 Å². The molecule has 1 atom stereocenters. The molecule has 0 aliphatic heterocycles. The quantitative estimate of drug-likeness (QED) is 0.692. The van der Waals surface area contributed by atoms with E-state index in [1.165, 1.54) is 7.11 Å². The molecular formula is C19H27NO5. The summed E-state index contributed by atoms with van der Waals surface area (Å²) in [5.41, 5.74) is -0.0504. The predicted octanol–water partition coefficient (Wildman–Crippen LogP) is 3.41. The molecule has 1 aliphatic carbocycles. The third kappa shape index (κ3) is 4.51. The number of benzene rings is 1. The van der Waals surface area contributed by atoms with Gasteiger partial charge in [-0.05, 0) is 57.2 Å². The van der Waals surface area contributed by atoms with Gasteiger partial charge in [-0.25, -0.2) is 4.79 Å². The molecule has 1 aromatic rings. The van der Waals surface area contributed by atoms with Gasteiger partial charge in [-0.15, -0.1) is 0 Å². The number of anilines is 1. The number of carbonyl (C=O) groups is 2. The van der Waals surface area contributed by atoms with E-state index < -0.39 is 11.6 Å². The van der Waals surface area contributed by atoms with Crippen LogP contribution in [-0.4, -0.2) is 37.8 Å². The van der Waals surface area contributed by atoms with Gasteiger partial charge in [0, 0.05) is 12.3 Å². The van der Waals surface area contributed by atoms with E-state index in [4.69, 9.17) is 14.2 Å². The molecule has 1 aromatic carbocycles. The number of hydrogen-bond donors (Lipinski definition) is 1. The molecule has 2 rings (SSSR count). The first-order valence-corrected chi connectivity index (χ1v) is 8.76. The zero-order chi connectivity index (χ0) is 18.4. The summed E-state index contributed by atoms with van der Waals surface area (Å²) in [7, 11) is 1.49. The van der Waals surface area contributed by atoms with Crippen molar-refractivity contribution >= 4 is 17.6 Å². The topological polar surface area (TPSA) is 73.9 Å². The molecule has 1 N–H and O–H groups in total. The van der Waals surface area contributed by atoms with Gasteiger partial charge in [0.05, 0.1) is 13.7 Å². The highest BCUT2D eigenvalue weighted by Crippen LogP contribution is 2.42. The van der Waals surface area contributed by atoms with Crippen molar-refractivity contribution in [3.63, 3.8) is 0 Å². The van der Waals surface area contributed by atoms with E-state index >= 15 is 0 Å². The first kappa shape index (κ1) is 19.2. The maximum absolute atomic E-state index is 12.8. The summed E-state index contributed by atoms with van der Waals surface area (Å²) in [5, 5.41) is 2.87. The van der Waals surface area contributed by atoms with Crippen molar-refractivity contribution in [1.29, 1.82) is 0 Å². The Kier molecular flexibility index (Phi) is 6.42. The number of methoxy groups -OCH3 is 1. The SMILES string of the molecule is CCCOC(C)(C(=O)Nc1ccc(OC)c(C(=O)OCC)c1)C1CC1. The summed E-state index contributed by atoms with van der Waals surface area (Å²) in [5.74, 6) is -0.0310. The molecular weight excluding hydrogens is 322 g/mol. The Morgan fingerprint density at radius 3 is 2.56 bits per heavy atom. The molecule has 0 radical (unpaired) electrons.